The number of nitrogens with zero attached hydrogens (tertiary/aromatic N) is 1. The summed E-state index contributed by atoms with van der Waals surface area (Å²) in [6.45, 7) is 9.33. The van der Waals surface area contributed by atoms with E-state index in [9.17, 15) is 0 Å². The normalized spacial score (nSPS) is 15.2. The highest BCUT2D eigenvalue weighted by Gasteiger charge is 2.19. The third-order valence-corrected chi connectivity index (χ3v) is 3.11. The predicted molar refractivity (Wildman–Crippen MR) is 73.2 cm³/mol. The number of nitrogens with one attached hydrogen (secondary N) is 1. The average Bonchev–Trinajstić information content (AvgIpc) is 2.52. The number of ether oxygens (including phenoxy) is 1. The molecule has 0 saturated carbocycles. The molecule has 1 heterocycles. The van der Waals surface area contributed by atoms with Crippen molar-refractivity contribution in [2.75, 3.05) is 29.9 Å². The molecule has 0 unspecified atom stereocenters. The van der Waals surface area contributed by atoms with Gasteiger partial charge in [-0.2, -0.15) is 0 Å². The van der Waals surface area contributed by atoms with Crippen LogP contribution in [-0.2, 0) is 0 Å². The summed E-state index contributed by atoms with van der Waals surface area (Å²) in [5, 5.41) is 3.50. The molecule has 0 amide bonds. The molecule has 1 aliphatic heterocycles. The summed E-state index contributed by atoms with van der Waals surface area (Å²) in [4.78, 5) is 2.44. The van der Waals surface area contributed by atoms with Gasteiger partial charge in [-0.1, -0.05) is 6.07 Å². The number of para-hydroxylation sites is 1. The molecule has 0 atom stereocenters. The molecule has 0 aliphatic carbocycles. The highest BCUT2D eigenvalue weighted by atomic mass is 16.5. The van der Waals surface area contributed by atoms with Crippen LogP contribution in [-0.4, -0.2) is 25.7 Å². The number of anilines is 2. The van der Waals surface area contributed by atoms with E-state index in [4.69, 9.17) is 4.74 Å². The van der Waals surface area contributed by atoms with Gasteiger partial charge >= 0.3 is 0 Å². The number of benzene rings is 1. The maximum atomic E-state index is 5.70. The van der Waals surface area contributed by atoms with Crippen LogP contribution in [0.3, 0.4) is 0 Å². The van der Waals surface area contributed by atoms with E-state index < -0.39 is 0 Å². The van der Waals surface area contributed by atoms with Crippen molar-refractivity contribution in [2.45, 2.75) is 33.2 Å². The van der Waals surface area contributed by atoms with E-state index in [-0.39, 0.29) is 0 Å². The topological polar surface area (TPSA) is 24.5 Å². The van der Waals surface area contributed by atoms with Gasteiger partial charge in [0, 0.05) is 19.1 Å². The van der Waals surface area contributed by atoms with Crippen LogP contribution in [0.4, 0.5) is 11.4 Å². The Morgan fingerprint density at radius 3 is 2.94 bits per heavy atom. The summed E-state index contributed by atoms with van der Waals surface area (Å²) in [7, 11) is 0. The highest BCUT2D eigenvalue weighted by molar-refractivity contribution is 5.77. The molecule has 0 aromatic heterocycles. The van der Waals surface area contributed by atoms with Crippen LogP contribution in [0, 0.1) is 0 Å². The van der Waals surface area contributed by atoms with Gasteiger partial charge in [-0.3, -0.25) is 0 Å². The smallest absolute Gasteiger partial charge is 0.144 e. The van der Waals surface area contributed by atoms with Crippen molar-refractivity contribution in [3.63, 3.8) is 0 Å². The first kappa shape index (κ1) is 12.1. The summed E-state index contributed by atoms with van der Waals surface area (Å²) in [5.41, 5.74) is 2.42. The van der Waals surface area contributed by atoms with Gasteiger partial charge in [0.2, 0.25) is 0 Å². The van der Waals surface area contributed by atoms with E-state index in [0.29, 0.717) is 12.6 Å². The Balaban J connectivity index is 2.41. The van der Waals surface area contributed by atoms with E-state index in [0.717, 1.165) is 24.5 Å². The number of fused-ring (bicyclic) bond motifs is 1. The number of rotatable bonds is 3. The van der Waals surface area contributed by atoms with E-state index in [1.54, 1.807) is 0 Å². The Kier molecular flexibility index (Phi) is 3.77. The molecule has 1 aromatic rings. The summed E-state index contributed by atoms with van der Waals surface area (Å²) >= 11 is 0. The molecular weight excluding hydrogens is 212 g/mol. The first-order valence-electron chi connectivity index (χ1n) is 6.50. The molecule has 94 valence electrons. The Bertz CT molecular complexity index is 376. The van der Waals surface area contributed by atoms with Gasteiger partial charge in [-0.25, -0.2) is 0 Å². The van der Waals surface area contributed by atoms with Gasteiger partial charge in [0.15, 0.2) is 0 Å². The number of hydrogen-bond acceptors (Lipinski definition) is 3. The highest BCUT2D eigenvalue weighted by Crippen LogP contribution is 2.37. The van der Waals surface area contributed by atoms with Crippen molar-refractivity contribution in [3.05, 3.63) is 18.2 Å². The van der Waals surface area contributed by atoms with Gasteiger partial charge in [-0.15, -0.1) is 0 Å². The summed E-state index contributed by atoms with van der Waals surface area (Å²) in [6, 6.07) is 6.81. The second-order valence-corrected chi connectivity index (χ2v) is 4.65. The zero-order valence-corrected chi connectivity index (χ0v) is 11.0. The number of hydrogen-bond donors (Lipinski definition) is 1. The maximum Gasteiger partial charge on any atom is 0.144 e. The van der Waals surface area contributed by atoms with Crippen molar-refractivity contribution >= 4 is 11.4 Å². The van der Waals surface area contributed by atoms with E-state index in [1.165, 1.54) is 12.1 Å². The second kappa shape index (κ2) is 5.30. The Morgan fingerprint density at radius 1 is 1.41 bits per heavy atom. The fourth-order valence-electron chi connectivity index (χ4n) is 2.33. The molecule has 17 heavy (non-hydrogen) atoms. The third kappa shape index (κ3) is 2.48. The van der Waals surface area contributed by atoms with Crippen LogP contribution >= 0.6 is 0 Å². The minimum atomic E-state index is 0.519. The second-order valence-electron chi connectivity index (χ2n) is 4.65. The molecule has 3 heteroatoms. The van der Waals surface area contributed by atoms with Gasteiger partial charge in [0.05, 0.1) is 12.3 Å². The average molecular weight is 234 g/mol. The minimum Gasteiger partial charge on any atom is -0.492 e. The summed E-state index contributed by atoms with van der Waals surface area (Å²) in [5.74, 6) is 0.970. The van der Waals surface area contributed by atoms with E-state index in [1.807, 2.05) is 13.0 Å². The lowest BCUT2D eigenvalue weighted by atomic mass is 10.2. The van der Waals surface area contributed by atoms with Crippen LogP contribution in [0.25, 0.3) is 0 Å². The Hall–Kier alpha value is -1.38. The summed E-state index contributed by atoms with van der Waals surface area (Å²) in [6.07, 6.45) is 1.17. The Labute approximate surface area is 104 Å². The zero-order valence-electron chi connectivity index (χ0n) is 11.0. The fraction of sp³-hybridized carbons (Fsp3) is 0.571. The van der Waals surface area contributed by atoms with Gasteiger partial charge in [-0.05, 0) is 39.3 Å². The molecule has 1 N–H and O–H groups in total. The standard InChI is InChI=1S/C14H22N2O/c1-4-17-13-8-5-7-12-14(13)15-9-6-10-16(12)11(2)3/h5,7-8,11,15H,4,6,9-10H2,1-3H3. The lowest BCUT2D eigenvalue weighted by Gasteiger charge is -2.29. The lowest BCUT2D eigenvalue weighted by molar-refractivity contribution is 0.342. The van der Waals surface area contributed by atoms with E-state index in [2.05, 4.69) is 36.2 Å². The predicted octanol–water partition coefficient (Wildman–Crippen LogP) is 3.12. The Morgan fingerprint density at radius 2 is 2.24 bits per heavy atom. The molecule has 2 rings (SSSR count). The van der Waals surface area contributed by atoms with Crippen LogP contribution in [0.2, 0.25) is 0 Å². The fourth-order valence-corrected chi connectivity index (χ4v) is 2.33. The van der Waals surface area contributed by atoms with E-state index >= 15 is 0 Å². The van der Waals surface area contributed by atoms with Crippen molar-refractivity contribution in [1.82, 2.24) is 0 Å². The van der Waals surface area contributed by atoms with Gasteiger partial charge in [0.1, 0.15) is 11.4 Å². The molecular formula is C14H22N2O. The van der Waals surface area contributed by atoms with Crippen molar-refractivity contribution in [1.29, 1.82) is 0 Å². The van der Waals surface area contributed by atoms with Crippen LogP contribution in [0.5, 0.6) is 5.75 Å². The molecule has 0 saturated heterocycles. The molecule has 0 fully saturated rings. The molecule has 1 aromatic carbocycles. The molecule has 0 bridgehead atoms. The van der Waals surface area contributed by atoms with Crippen LogP contribution in [0.15, 0.2) is 18.2 Å². The first-order valence-corrected chi connectivity index (χ1v) is 6.50. The molecule has 0 radical (unpaired) electrons. The molecule has 1 aliphatic rings. The third-order valence-electron chi connectivity index (χ3n) is 3.11. The monoisotopic (exact) mass is 234 g/mol. The van der Waals surface area contributed by atoms with Crippen LogP contribution in [0.1, 0.15) is 27.2 Å². The first-order chi connectivity index (χ1) is 8.24. The molecule has 0 spiro atoms. The van der Waals surface area contributed by atoms with Crippen molar-refractivity contribution in [2.24, 2.45) is 0 Å². The van der Waals surface area contributed by atoms with Gasteiger partial charge < -0.3 is 15.0 Å². The zero-order chi connectivity index (χ0) is 12.3. The maximum absolute atomic E-state index is 5.70. The lowest BCUT2D eigenvalue weighted by Crippen LogP contribution is -2.31. The largest absolute Gasteiger partial charge is 0.492 e. The summed E-state index contributed by atoms with van der Waals surface area (Å²) < 4.78 is 5.70. The minimum absolute atomic E-state index is 0.519. The molecule has 3 nitrogen and oxygen atoms in total. The van der Waals surface area contributed by atoms with Gasteiger partial charge in [0.25, 0.3) is 0 Å². The quantitative estimate of drug-likeness (QED) is 0.869. The van der Waals surface area contributed by atoms with Crippen molar-refractivity contribution in [3.8, 4) is 5.75 Å². The van der Waals surface area contributed by atoms with Crippen LogP contribution < -0.4 is 15.0 Å². The van der Waals surface area contributed by atoms with Crippen molar-refractivity contribution < 1.29 is 4.74 Å². The SMILES string of the molecule is CCOc1cccc2c1NCCCN2C(C)C.